The van der Waals surface area contributed by atoms with Crippen LogP contribution in [0.15, 0.2) is 0 Å². The first-order chi connectivity index (χ1) is 9.86. The number of halogens is 1. The summed E-state index contributed by atoms with van der Waals surface area (Å²) < 4.78 is 0. The third-order valence-electron chi connectivity index (χ3n) is 4.07. The van der Waals surface area contributed by atoms with Crippen molar-refractivity contribution in [2.45, 2.75) is 39.7 Å². The van der Waals surface area contributed by atoms with Crippen molar-refractivity contribution in [3.05, 3.63) is 0 Å². The molecule has 0 aromatic carbocycles. The maximum atomic E-state index is 12.4. The van der Waals surface area contributed by atoms with Crippen molar-refractivity contribution in [1.82, 2.24) is 15.1 Å². The summed E-state index contributed by atoms with van der Waals surface area (Å²) >= 11 is 0. The zero-order valence-corrected chi connectivity index (χ0v) is 15.0. The molecule has 0 aromatic heterocycles. The third-order valence-corrected chi connectivity index (χ3v) is 4.07. The molecule has 0 aromatic rings. The molecular formula is C15H31ClN4O2. The predicted molar refractivity (Wildman–Crippen MR) is 91.1 cm³/mol. The largest absolute Gasteiger partial charge is 0.341 e. The lowest BCUT2D eigenvalue weighted by molar-refractivity contribution is -0.137. The number of nitrogens with one attached hydrogen (secondary N) is 1. The average Bonchev–Trinajstić information content (AvgIpc) is 2.50. The molecule has 0 radical (unpaired) electrons. The molecule has 1 heterocycles. The molecule has 2 atom stereocenters. The minimum Gasteiger partial charge on any atom is -0.341 e. The van der Waals surface area contributed by atoms with Gasteiger partial charge in [0.15, 0.2) is 0 Å². The van der Waals surface area contributed by atoms with Crippen molar-refractivity contribution in [2.75, 3.05) is 33.2 Å². The van der Waals surface area contributed by atoms with Crippen molar-refractivity contribution in [1.29, 1.82) is 0 Å². The molecule has 1 aliphatic heterocycles. The van der Waals surface area contributed by atoms with Gasteiger partial charge in [-0.15, -0.1) is 12.4 Å². The van der Waals surface area contributed by atoms with E-state index >= 15 is 0 Å². The lowest BCUT2D eigenvalue weighted by atomic mass is 9.96. The summed E-state index contributed by atoms with van der Waals surface area (Å²) in [6.45, 7) is 8.41. The number of nitrogens with zero attached hydrogens (tertiary/aromatic N) is 2. The molecule has 22 heavy (non-hydrogen) atoms. The van der Waals surface area contributed by atoms with Gasteiger partial charge in [-0.05, 0) is 25.7 Å². The van der Waals surface area contributed by atoms with Crippen molar-refractivity contribution < 1.29 is 9.59 Å². The van der Waals surface area contributed by atoms with E-state index in [1.165, 1.54) is 0 Å². The van der Waals surface area contributed by atoms with Gasteiger partial charge < -0.3 is 20.9 Å². The Bertz CT molecular complexity index is 365. The van der Waals surface area contributed by atoms with Crippen molar-refractivity contribution in [2.24, 2.45) is 17.6 Å². The quantitative estimate of drug-likeness (QED) is 0.795. The standard InChI is InChI=1S/C15H30N4O2.ClH/c1-11(2)9-17-15(21)19-7-5-6-13(10-19)14(20)18(4)12(3)8-16;/h11-13H,5-10,16H2,1-4H3,(H,17,21);1H. The van der Waals surface area contributed by atoms with E-state index in [0.717, 1.165) is 19.4 Å². The van der Waals surface area contributed by atoms with Crippen LogP contribution in [0.3, 0.4) is 0 Å². The van der Waals surface area contributed by atoms with Gasteiger partial charge in [-0.25, -0.2) is 4.79 Å². The molecule has 1 aliphatic rings. The highest BCUT2D eigenvalue weighted by atomic mass is 35.5. The van der Waals surface area contributed by atoms with Crippen LogP contribution in [-0.2, 0) is 4.79 Å². The second-order valence-corrected chi connectivity index (χ2v) is 6.40. The smallest absolute Gasteiger partial charge is 0.317 e. The van der Waals surface area contributed by atoms with Crippen molar-refractivity contribution in [3.63, 3.8) is 0 Å². The van der Waals surface area contributed by atoms with Crippen LogP contribution in [0.2, 0.25) is 0 Å². The minimum absolute atomic E-state index is 0. The van der Waals surface area contributed by atoms with Crippen molar-refractivity contribution in [3.8, 4) is 0 Å². The van der Waals surface area contributed by atoms with E-state index in [2.05, 4.69) is 19.2 Å². The Labute approximate surface area is 140 Å². The van der Waals surface area contributed by atoms with Gasteiger partial charge >= 0.3 is 6.03 Å². The van der Waals surface area contributed by atoms with Gasteiger partial charge in [-0.3, -0.25) is 4.79 Å². The zero-order chi connectivity index (χ0) is 16.0. The Kier molecular flexibility index (Phi) is 9.44. The number of rotatable bonds is 5. The SMILES string of the molecule is CC(C)CNC(=O)N1CCCC(C(=O)N(C)C(C)CN)C1.Cl. The lowest BCUT2D eigenvalue weighted by Gasteiger charge is -2.35. The molecule has 1 rings (SSSR count). The van der Waals surface area contributed by atoms with Gasteiger partial charge in [0.25, 0.3) is 0 Å². The molecule has 3 N–H and O–H groups in total. The summed E-state index contributed by atoms with van der Waals surface area (Å²) in [4.78, 5) is 28.0. The first-order valence-electron chi connectivity index (χ1n) is 7.86. The van der Waals surface area contributed by atoms with Gasteiger partial charge in [0, 0.05) is 39.3 Å². The molecular weight excluding hydrogens is 304 g/mol. The number of likely N-dealkylation sites (N-methyl/N-ethyl adjacent to an activating group) is 1. The highest BCUT2D eigenvalue weighted by molar-refractivity contribution is 5.85. The Morgan fingerprint density at radius 1 is 1.36 bits per heavy atom. The maximum absolute atomic E-state index is 12.4. The normalized spacial score (nSPS) is 19.4. The number of amides is 3. The third kappa shape index (κ3) is 6.01. The van der Waals surface area contributed by atoms with E-state index in [1.54, 1.807) is 16.8 Å². The molecule has 0 bridgehead atoms. The zero-order valence-electron chi connectivity index (χ0n) is 14.2. The van der Waals surface area contributed by atoms with E-state index in [0.29, 0.717) is 25.6 Å². The monoisotopic (exact) mass is 334 g/mol. The van der Waals surface area contributed by atoms with Gasteiger partial charge in [0.1, 0.15) is 0 Å². The molecule has 0 saturated carbocycles. The molecule has 2 unspecified atom stereocenters. The summed E-state index contributed by atoms with van der Waals surface area (Å²) in [5.41, 5.74) is 5.62. The topological polar surface area (TPSA) is 78.7 Å². The van der Waals surface area contributed by atoms with E-state index in [9.17, 15) is 9.59 Å². The number of carbonyl (C=O) groups excluding carboxylic acids is 2. The first kappa shape index (κ1) is 21.0. The number of urea groups is 1. The van der Waals surface area contributed by atoms with Gasteiger partial charge in [-0.1, -0.05) is 13.8 Å². The number of carbonyl (C=O) groups is 2. The van der Waals surface area contributed by atoms with Crippen LogP contribution in [0, 0.1) is 11.8 Å². The minimum atomic E-state index is -0.109. The Morgan fingerprint density at radius 2 is 2.00 bits per heavy atom. The second-order valence-electron chi connectivity index (χ2n) is 6.40. The van der Waals surface area contributed by atoms with Gasteiger partial charge in [0.05, 0.1) is 5.92 Å². The summed E-state index contributed by atoms with van der Waals surface area (Å²) in [7, 11) is 1.79. The fourth-order valence-corrected chi connectivity index (χ4v) is 2.43. The van der Waals surface area contributed by atoms with Crippen LogP contribution < -0.4 is 11.1 Å². The number of hydrogen-bond acceptors (Lipinski definition) is 3. The Morgan fingerprint density at radius 3 is 2.55 bits per heavy atom. The first-order valence-corrected chi connectivity index (χ1v) is 7.86. The number of nitrogens with two attached hydrogens (primary N) is 1. The summed E-state index contributed by atoms with van der Waals surface area (Å²) in [6.07, 6.45) is 1.71. The van der Waals surface area contributed by atoms with E-state index in [-0.39, 0.29) is 36.3 Å². The lowest BCUT2D eigenvalue weighted by Crippen LogP contribution is -2.51. The highest BCUT2D eigenvalue weighted by Gasteiger charge is 2.31. The number of piperidine rings is 1. The fraction of sp³-hybridized carbons (Fsp3) is 0.867. The number of likely N-dealkylation sites (tertiary alicyclic amines) is 1. The van der Waals surface area contributed by atoms with Gasteiger partial charge in [0.2, 0.25) is 5.91 Å². The molecule has 1 fully saturated rings. The summed E-state index contributed by atoms with van der Waals surface area (Å²) in [5.74, 6) is 0.407. The van der Waals surface area contributed by atoms with Crippen LogP contribution in [0.1, 0.15) is 33.6 Å². The van der Waals surface area contributed by atoms with Crippen LogP contribution in [0.25, 0.3) is 0 Å². The molecule has 130 valence electrons. The Hall–Kier alpha value is -1.01. The average molecular weight is 335 g/mol. The molecule has 1 saturated heterocycles. The number of hydrogen-bond donors (Lipinski definition) is 2. The fourth-order valence-electron chi connectivity index (χ4n) is 2.43. The van der Waals surface area contributed by atoms with E-state index < -0.39 is 0 Å². The summed E-state index contributed by atoms with van der Waals surface area (Å²) in [6, 6.07) is -0.0293. The predicted octanol–water partition coefficient (Wildman–Crippen LogP) is 1.29. The molecule has 0 aliphatic carbocycles. The molecule has 3 amide bonds. The van der Waals surface area contributed by atoms with Crippen LogP contribution in [0.4, 0.5) is 4.79 Å². The van der Waals surface area contributed by atoms with Crippen molar-refractivity contribution >= 4 is 24.3 Å². The molecule has 7 heteroatoms. The van der Waals surface area contributed by atoms with Crippen LogP contribution >= 0.6 is 12.4 Å². The molecule has 6 nitrogen and oxygen atoms in total. The van der Waals surface area contributed by atoms with Crippen LogP contribution in [-0.4, -0.2) is 61.0 Å². The van der Waals surface area contributed by atoms with E-state index in [1.807, 2.05) is 6.92 Å². The highest BCUT2D eigenvalue weighted by Crippen LogP contribution is 2.19. The Balaban J connectivity index is 0.00000441. The molecule has 0 spiro atoms. The second kappa shape index (κ2) is 9.90. The maximum Gasteiger partial charge on any atom is 0.317 e. The van der Waals surface area contributed by atoms with Crippen LogP contribution in [0.5, 0.6) is 0 Å². The van der Waals surface area contributed by atoms with E-state index in [4.69, 9.17) is 5.73 Å². The van der Waals surface area contributed by atoms with Gasteiger partial charge in [-0.2, -0.15) is 0 Å². The summed E-state index contributed by atoms with van der Waals surface area (Å²) in [5, 5.41) is 2.92.